The Bertz CT molecular complexity index is 378. The highest BCUT2D eigenvalue weighted by Gasteiger charge is 2.12. The van der Waals surface area contributed by atoms with Crippen molar-refractivity contribution in [3.05, 3.63) is 33.8 Å². The van der Waals surface area contributed by atoms with E-state index in [1.165, 1.54) is 15.6 Å². The summed E-state index contributed by atoms with van der Waals surface area (Å²) in [5.74, 6) is 0. The first-order chi connectivity index (χ1) is 8.79. The van der Waals surface area contributed by atoms with E-state index in [2.05, 4.69) is 51.3 Å². The number of benzene rings is 1. The number of hydrogen-bond acceptors (Lipinski definition) is 3. The van der Waals surface area contributed by atoms with Crippen molar-refractivity contribution in [1.82, 2.24) is 10.2 Å². The molecule has 1 heterocycles. The molecule has 0 amide bonds. The van der Waals surface area contributed by atoms with E-state index in [1.807, 2.05) is 0 Å². The largest absolute Gasteiger partial charge is 0.379 e. The van der Waals surface area contributed by atoms with Crippen LogP contribution in [-0.4, -0.2) is 37.7 Å². The Morgan fingerprint density at radius 2 is 2.11 bits per heavy atom. The average Bonchev–Trinajstić information content (AvgIpc) is 2.40. The third-order valence-electron chi connectivity index (χ3n) is 3.19. The van der Waals surface area contributed by atoms with Crippen LogP contribution in [0.5, 0.6) is 0 Å². The molecule has 18 heavy (non-hydrogen) atoms. The van der Waals surface area contributed by atoms with Gasteiger partial charge in [-0.25, -0.2) is 0 Å². The van der Waals surface area contributed by atoms with E-state index in [1.54, 1.807) is 0 Å². The van der Waals surface area contributed by atoms with Gasteiger partial charge in [-0.05, 0) is 23.7 Å². The predicted molar refractivity (Wildman–Crippen MR) is 77.6 cm³/mol. The molecule has 0 saturated carbocycles. The summed E-state index contributed by atoms with van der Waals surface area (Å²) in [6, 6.07) is 6.66. The van der Waals surface area contributed by atoms with E-state index in [0.29, 0.717) is 0 Å². The third-order valence-corrected chi connectivity index (χ3v) is 3.93. The predicted octanol–water partition coefficient (Wildman–Crippen LogP) is 2.39. The van der Waals surface area contributed by atoms with E-state index >= 15 is 0 Å². The molecular formula is C14H21BrN2O. The van der Waals surface area contributed by atoms with Gasteiger partial charge in [0.2, 0.25) is 0 Å². The Hall–Kier alpha value is -0.420. The summed E-state index contributed by atoms with van der Waals surface area (Å²) in [4.78, 5) is 2.44. The van der Waals surface area contributed by atoms with Crippen LogP contribution in [0.2, 0.25) is 0 Å². The number of rotatable bonds is 5. The van der Waals surface area contributed by atoms with Crippen molar-refractivity contribution in [1.29, 1.82) is 0 Å². The molecule has 1 fully saturated rings. The molecule has 1 aliphatic rings. The number of ether oxygens (including phenoxy) is 1. The van der Waals surface area contributed by atoms with Gasteiger partial charge in [-0.1, -0.05) is 35.0 Å². The van der Waals surface area contributed by atoms with Crippen LogP contribution >= 0.6 is 15.9 Å². The van der Waals surface area contributed by atoms with E-state index in [0.717, 1.165) is 45.9 Å². The minimum absolute atomic E-state index is 0.857. The molecular weight excluding hydrogens is 292 g/mol. The highest BCUT2D eigenvalue weighted by Crippen LogP contribution is 2.20. The maximum atomic E-state index is 5.37. The molecule has 0 unspecified atom stereocenters. The van der Waals surface area contributed by atoms with E-state index in [-0.39, 0.29) is 0 Å². The summed E-state index contributed by atoms with van der Waals surface area (Å²) in [6.07, 6.45) is 0. The highest BCUT2D eigenvalue weighted by atomic mass is 79.9. The summed E-state index contributed by atoms with van der Waals surface area (Å²) in [5.41, 5.74) is 2.69. The number of nitrogens with zero attached hydrogens (tertiary/aromatic N) is 1. The number of hydrogen-bond donors (Lipinski definition) is 1. The first-order valence-corrected chi connectivity index (χ1v) is 7.37. The second-order valence-corrected chi connectivity index (χ2v) is 5.45. The second kappa shape index (κ2) is 7.24. The first kappa shape index (κ1) is 14.0. The zero-order valence-corrected chi connectivity index (χ0v) is 12.5. The van der Waals surface area contributed by atoms with Gasteiger partial charge in [0.25, 0.3) is 0 Å². The minimum Gasteiger partial charge on any atom is -0.379 e. The van der Waals surface area contributed by atoms with Crippen LogP contribution in [0, 0.1) is 0 Å². The highest BCUT2D eigenvalue weighted by molar-refractivity contribution is 9.10. The van der Waals surface area contributed by atoms with E-state index in [9.17, 15) is 0 Å². The van der Waals surface area contributed by atoms with Crippen molar-refractivity contribution in [2.75, 3.05) is 32.8 Å². The lowest BCUT2D eigenvalue weighted by atomic mass is 10.1. The van der Waals surface area contributed by atoms with Gasteiger partial charge in [-0.3, -0.25) is 4.90 Å². The molecule has 0 radical (unpaired) electrons. The second-order valence-electron chi connectivity index (χ2n) is 4.59. The van der Waals surface area contributed by atoms with Crippen molar-refractivity contribution in [3.63, 3.8) is 0 Å². The monoisotopic (exact) mass is 312 g/mol. The molecule has 100 valence electrons. The SMILES string of the molecule is CCNCc1ccc(CN2CCOCC2)c(Br)c1. The van der Waals surface area contributed by atoms with Gasteiger partial charge in [0.15, 0.2) is 0 Å². The summed E-state index contributed by atoms with van der Waals surface area (Å²) >= 11 is 3.68. The molecule has 1 saturated heterocycles. The Labute approximate surface area is 118 Å². The van der Waals surface area contributed by atoms with Gasteiger partial charge in [-0.2, -0.15) is 0 Å². The fourth-order valence-corrected chi connectivity index (χ4v) is 2.65. The zero-order valence-electron chi connectivity index (χ0n) is 10.9. The average molecular weight is 313 g/mol. The lowest BCUT2D eigenvalue weighted by Gasteiger charge is -2.27. The summed E-state index contributed by atoms with van der Waals surface area (Å²) in [6.45, 7) is 8.86. The van der Waals surface area contributed by atoms with Crippen LogP contribution in [-0.2, 0) is 17.8 Å². The summed E-state index contributed by atoms with van der Waals surface area (Å²) in [7, 11) is 0. The van der Waals surface area contributed by atoms with Gasteiger partial charge in [0.05, 0.1) is 13.2 Å². The van der Waals surface area contributed by atoms with E-state index in [4.69, 9.17) is 4.74 Å². The van der Waals surface area contributed by atoms with Gasteiger partial charge >= 0.3 is 0 Å². The zero-order chi connectivity index (χ0) is 12.8. The van der Waals surface area contributed by atoms with Crippen LogP contribution in [0.1, 0.15) is 18.1 Å². The van der Waals surface area contributed by atoms with Crippen LogP contribution in [0.15, 0.2) is 22.7 Å². The third kappa shape index (κ3) is 4.05. The van der Waals surface area contributed by atoms with Crippen molar-refractivity contribution in [2.45, 2.75) is 20.0 Å². The lowest BCUT2D eigenvalue weighted by molar-refractivity contribution is 0.0341. The standard InChI is InChI=1S/C14H21BrN2O/c1-2-16-10-12-3-4-13(14(15)9-12)11-17-5-7-18-8-6-17/h3-4,9,16H,2,5-8,10-11H2,1H3. The quantitative estimate of drug-likeness (QED) is 0.903. The molecule has 3 nitrogen and oxygen atoms in total. The first-order valence-electron chi connectivity index (χ1n) is 6.57. The van der Waals surface area contributed by atoms with Crippen LogP contribution in [0.3, 0.4) is 0 Å². The Kier molecular flexibility index (Phi) is 5.63. The molecule has 0 aliphatic carbocycles. The van der Waals surface area contributed by atoms with Gasteiger partial charge in [0, 0.05) is 30.7 Å². The molecule has 2 rings (SSSR count). The smallest absolute Gasteiger partial charge is 0.0594 e. The van der Waals surface area contributed by atoms with Crippen molar-refractivity contribution in [3.8, 4) is 0 Å². The number of morpholine rings is 1. The molecule has 4 heteroatoms. The Morgan fingerprint density at radius 3 is 2.78 bits per heavy atom. The number of nitrogens with one attached hydrogen (secondary N) is 1. The topological polar surface area (TPSA) is 24.5 Å². The van der Waals surface area contributed by atoms with Crippen molar-refractivity contribution < 1.29 is 4.74 Å². The van der Waals surface area contributed by atoms with Crippen molar-refractivity contribution in [2.24, 2.45) is 0 Å². The minimum atomic E-state index is 0.857. The van der Waals surface area contributed by atoms with Crippen molar-refractivity contribution >= 4 is 15.9 Å². The molecule has 0 bridgehead atoms. The van der Waals surface area contributed by atoms with E-state index < -0.39 is 0 Å². The maximum absolute atomic E-state index is 5.37. The normalized spacial score (nSPS) is 17.0. The number of halogens is 1. The molecule has 0 atom stereocenters. The fourth-order valence-electron chi connectivity index (χ4n) is 2.10. The molecule has 0 aromatic heterocycles. The fraction of sp³-hybridized carbons (Fsp3) is 0.571. The van der Waals surface area contributed by atoms with Gasteiger partial charge < -0.3 is 10.1 Å². The Morgan fingerprint density at radius 1 is 1.33 bits per heavy atom. The molecule has 1 aromatic carbocycles. The van der Waals surface area contributed by atoms with Crippen LogP contribution in [0.25, 0.3) is 0 Å². The van der Waals surface area contributed by atoms with Gasteiger partial charge in [0.1, 0.15) is 0 Å². The summed E-state index contributed by atoms with van der Waals surface area (Å²) < 4.78 is 6.58. The molecule has 0 spiro atoms. The Balaban J connectivity index is 1.95. The molecule has 1 aliphatic heterocycles. The molecule has 1 N–H and O–H groups in total. The van der Waals surface area contributed by atoms with Gasteiger partial charge in [-0.15, -0.1) is 0 Å². The van der Waals surface area contributed by atoms with Crippen LogP contribution in [0.4, 0.5) is 0 Å². The summed E-state index contributed by atoms with van der Waals surface area (Å²) in [5, 5.41) is 3.34. The molecule has 1 aromatic rings. The lowest BCUT2D eigenvalue weighted by Crippen LogP contribution is -2.35. The maximum Gasteiger partial charge on any atom is 0.0594 e. The van der Waals surface area contributed by atoms with Crippen LogP contribution < -0.4 is 5.32 Å².